The fraction of sp³-hybridized carbons (Fsp3) is 0.600. The summed E-state index contributed by atoms with van der Waals surface area (Å²) >= 11 is 0. The summed E-state index contributed by atoms with van der Waals surface area (Å²) in [5, 5.41) is 0. The minimum Gasteiger partial charge on any atom is -0.381 e. The van der Waals surface area contributed by atoms with Crippen molar-refractivity contribution in [1.29, 1.82) is 0 Å². The summed E-state index contributed by atoms with van der Waals surface area (Å²) in [6.07, 6.45) is 3.26. The molecule has 0 heterocycles. The van der Waals surface area contributed by atoms with Crippen molar-refractivity contribution in [2.45, 2.75) is 38.0 Å². The average molecular weight is 297 g/mol. The van der Waals surface area contributed by atoms with Crippen LogP contribution < -0.4 is 4.72 Å². The molecule has 1 aliphatic carbocycles. The molecule has 4 nitrogen and oxygen atoms in total. The lowest BCUT2D eigenvalue weighted by Crippen LogP contribution is -2.26. The molecular formula is C15H23NO3S. The van der Waals surface area contributed by atoms with Gasteiger partial charge in [0.2, 0.25) is 10.0 Å². The number of hydrogen-bond acceptors (Lipinski definition) is 3. The Bertz CT molecular complexity index is 550. The molecule has 1 fully saturated rings. The number of nitrogens with one attached hydrogen (secondary N) is 1. The second-order valence-electron chi connectivity index (χ2n) is 5.54. The highest BCUT2D eigenvalue weighted by molar-refractivity contribution is 7.89. The van der Waals surface area contributed by atoms with Crippen LogP contribution >= 0.6 is 0 Å². The molecule has 1 aliphatic rings. The van der Waals surface area contributed by atoms with Crippen molar-refractivity contribution in [3.63, 3.8) is 0 Å². The van der Waals surface area contributed by atoms with E-state index in [1.807, 2.05) is 26.0 Å². The zero-order valence-electron chi connectivity index (χ0n) is 12.2. The summed E-state index contributed by atoms with van der Waals surface area (Å²) in [6, 6.07) is 5.46. The van der Waals surface area contributed by atoms with Crippen LogP contribution in [-0.2, 0) is 14.8 Å². The Kier molecular flexibility index (Phi) is 5.18. The van der Waals surface area contributed by atoms with Gasteiger partial charge in [-0.25, -0.2) is 13.1 Å². The molecule has 0 saturated heterocycles. The van der Waals surface area contributed by atoms with Crippen molar-refractivity contribution in [3.8, 4) is 0 Å². The predicted octanol–water partition coefficient (Wildman–Crippen LogP) is 2.40. The molecule has 1 N–H and O–H groups in total. The van der Waals surface area contributed by atoms with Crippen molar-refractivity contribution < 1.29 is 13.2 Å². The van der Waals surface area contributed by atoms with Gasteiger partial charge >= 0.3 is 0 Å². The molecule has 0 spiro atoms. The average Bonchev–Trinajstić information content (AvgIpc) is 3.20. The van der Waals surface area contributed by atoms with Gasteiger partial charge in [0.25, 0.3) is 0 Å². The summed E-state index contributed by atoms with van der Waals surface area (Å²) in [5.74, 6) is 0.752. The van der Waals surface area contributed by atoms with E-state index in [1.54, 1.807) is 6.07 Å². The molecule has 0 aromatic heterocycles. The fourth-order valence-corrected chi connectivity index (χ4v) is 3.39. The molecule has 0 atom stereocenters. The van der Waals surface area contributed by atoms with E-state index >= 15 is 0 Å². The number of ether oxygens (including phenoxy) is 1. The van der Waals surface area contributed by atoms with E-state index < -0.39 is 10.0 Å². The largest absolute Gasteiger partial charge is 0.381 e. The summed E-state index contributed by atoms with van der Waals surface area (Å²) in [4.78, 5) is 0.372. The summed E-state index contributed by atoms with van der Waals surface area (Å²) in [5.41, 5.74) is 1.72. The minimum atomic E-state index is -3.41. The van der Waals surface area contributed by atoms with Crippen LogP contribution in [0.2, 0.25) is 0 Å². The van der Waals surface area contributed by atoms with Crippen molar-refractivity contribution in [2.75, 3.05) is 19.8 Å². The lowest BCUT2D eigenvalue weighted by atomic mass is 10.2. The highest BCUT2D eigenvalue weighted by Crippen LogP contribution is 2.28. The Hall–Kier alpha value is -0.910. The highest BCUT2D eigenvalue weighted by Gasteiger charge is 2.21. The second-order valence-corrected chi connectivity index (χ2v) is 7.27. The van der Waals surface area contributed by atoms with Crippen LogP contribution in [0.5, 0.6) is 0 Å². The van der Waals surface area contributed by atoms with E-state index in [-0.39, 0.29) is 0 Å². The molecule has 0 bridgehead atoms. The molecule has 1 aromatic carbocycles. The Balaban J connectivity index is 1.79. The molecule has 0 amide bonds. The molecular weight excluding hydrogens is 274 g/mol. The van der Waals surface area contributed by atoms with E-state index in [1.165, 1.54) is 12.8 Å². The molecule has 1 saturated carbocycles. The first-order valence-electron chi connectivity index (χ1n) is 7.14. The maximum absolute atomic E-state index is 12.2. The van der Waals surface area contributed by atoms with Crippen LogP contribution in [-0.4, -0.2) is 28.2 Å². The number of benzene rings is 1. The lowest BCUT2D eigenvalue weighted by molar-refractivity contribution is 0.123. The van der Waals surface area contributed by atoms with E-state index in [4.69, 9.17) is 4.74 Å². The first-order chi connectivity index (χ1) is 9.49. The molecule has 0 aliphatic heterocycles. The Labute approximate surface area is 121 Å². The van der Waals surface area contributed by atoms with Gasteiger partial charge in [-0.05, 0) is 56.2 Å². The van der Waals surface area contributed by atoms with Gasteiger partial charge in [-0.1, -0.05) is 12.1 Å². The first-order valence-corrected chi connectivity index (χ1v) is 8.62. The topological polar surface area (TPSA) is 55.4 Å². The van der Waals surface area contributed by atoms with Gasteiger partial charge in [-0.2, -0.15) is 0 Å². The predicted molar refractivity (Wildman–Crippen MR) is 79.3 cm³/mol. The monoisotopic (exact) mass is 297 g/mol. The van der Waals surface area contributed by atoms with Gasteiger partial charge in [0.1, 0.15) is 0 Å². The zero-order valence-corrected chi connectivity index (χ0v) is 13.0. The molecule has 0 radical (unpaired) electrons. The smallest absolute Gasteiger partial charge is 0.240 e. The second kappa shape index (κ2) is 6.70. The maximum atomic E-state index is 12.2. The van der Waals surface area contributed by atoms with E-state index in [0.717, 1.165) is 23.7 Å². The third kappa shape index (κ3) is 4.58. The van der Waals surface area contributed by atoms with Gasteiger partial charge in [0, 0.05) is 19.8 Å². The number of sulfonamides is 1. The number of aryl methyl sites for hydroxylation is 2. The van der Waals surface area contributed by atoms with Crippen molar-refractivity contribution >= 4 is 10.0 Å². The van der Waals surface area contributed by atoms with E-state index in [9.17, 15) is 8.42 Å². The standard InChI is InChI=1S/C15H23NO3S/c1-12-4-5-13(2)15(10-12)20(17,18)16-8-3-9-19-11-14-6-7-14/h4-5,10,14,16H,3,6-9,11H2,1-2H3. The number of hydrogen-bond donors (Lipinski definition) is 1. The van der Waals surface area contributed by atoms with Gasteiger partial charge in [0.05, 0.1) is 4.90 Å². The molecule has 1 aromatic rings. The summed E-state index contributed by atoms with van der Waals surface area (Å²) < 4.78 is 32.5. The first kappa shape index (κ1) is 15.5. The number of rotatable bonds is 8. The zero-order chi connectivity index (χ0) is 14.6. The molecule has 0 unspecified atom stereocenters. The molecule has 112 valence electrons. The van der Waals surface area contributed by atoms with Gasteiger partial charge in [-0.3, -0.25) is 0 Å². The normalized spacial score (nSPS) is 15.5. The van der Waals surface area contributed by atoms with Gasteiger partial charge in [0.15, 0.2) is 0 Å². The summed E-state index contributed by atoms with van der Waals surface area (Å²) in [7, 11) is -3.41. The van der Waals surface area contributed by atoms with Gasteiger partial charge < -0.3 is 4.74 Å². The van der Waals surface area contributed by atoms with Crippen LogP contribution in [0.4, 0.5) is 0 Å². The van der Waals surface area contributed by atoms with E-state index in [0.29, 0.717) is 24.5 Å². The summed E-state index contributed by atoms with van der Waals surface area (Å²) in [6.45, 7) is 5.56. The third-order valence-corrected chi connectivity index (χ3v) is 5.04. The van der Waals surface area contributed by atoms with E-state index in [2.05, 4.69) is 4.72 Å². The quantitative estimate of drug-likeness (QED) is 0.750. The van der Waals surface area contributed by atoms with Crippen molar-refractivity contribution in [1.82, 2.24) is 4.72 Å². The van der Waals surface area contributed by atoms with Crippen LogP contribution in [0.3, 0.4) is 0 Å². The Morgan fingerprint density at radius 2 is 2.05 bits per heavy atom. The minimum absolute atomic E-state index is 0.372. The van der Waals surface area contributed by atoms with Crippen LogP contribution in [0.15, 0.2) is 23.1 Å². The van der Waals surface area contributed by atoms with Crippen molar-refractivity contribution in [2.24, 2.45) is 5.92 Å². The Morgan fingerprint density at radius 1 is 1.30 bits per heavy atom. The highest BCUT2D eigenvalue weighted by atomic mass is 32.2. The lowest BCUT2D eigenvalue weighted by Gasteiger charge is -2.10. The molecule has 20 heavy (non-hydrogen) atoms. The Morgan fingerprint density at radius 3 is 2.75 bits per heavy atom. The SMILES string of the molecule is Cc1ccc(C)c(S(=O)(=O)NCCCOCC2CC2)c1. The third-order valence-electron chi connectivity index (χ3n) is 3.44. The fourth-order valence-electron chi connectivity index (χ4n) is 1.99. The maximum Gasteiger partial charge on any atom is 0.240 e. The van der Waals surface area contributed by atoms with Crippen LogP contribution in [0.1, 0.15) is 30.4 Å². The van der Waals surface area contributed by atoms with Crippen LogP contribution in [0, 0.1) is 19.8 Å². The van der Waals surface area contributed by atoms with Crippen LogP contribution in [0.25, 0.3) is 0 Å². The van der Waals surface area contributed by atoms with Gasteiger partial charge in [-0.15, -0.1) is 0 Å². The molecule has 5 heteroatoms. The molecule has 2 rings (SSSR count). The van der Waals surface area contributed by atoms with Crippen molar-refractivity contribution in [3.05, 3.63) is 29.3 Å².